The van der Waals surface area contributed by atoms with Gasteiger partial charge in [0.25, 0.3) is 5.91 Å². The van der Waals surface area contributed by atoms with Crippen LogP contribution in [0.3, 0.4) is 0 Å². The van der Waals surface area contributed by atoms with Gasteiger partial charge in [-0.25, -0.2) is 4.98 Å². The van der Waals surface area contributed by atoms with Gasteiger partial charge in [-0.2, -0.15) is 13.2 Å². The van der Waals surface area contributed by atoms with E-state index < -0.39 is 17.8 Å². The minimum Gasteiger partial charge on any atom is -0.384 e. The molecule has 0 radical (unpaired) electrons. The first-order chi connectivity index (χ1) is 15.3. The van der Waals surface area contributed by atoms with Gasteiger partial charge in [-0.1, -0.05) is 12.1 Å². The van der Waals surface area contributed by atoms with Gasteiger partial charge >= 0.3 is 6.18 Å². The van der Waals surface area contributed by atoms with E-state index in [1.54, 1.807) is 42.7 Å². The second-order valence-corrected chi connectivity index (χ2v) is 6.86. The maximum absolute atomic E-state index is 12.9. The van der Waals surface area contributed by atoms with Crippen molar-refractivity contribution in [2.45, 2.75) is 6.18 Å². The minimum absolute atomic E-state index is 0.140. The first kappa shape index (κ1) is 21.0. The summed E-state index contributed by atoms with van der Waals surface area (Å²) in [6, 6.07) is 16.1. The van der Waals surface area contributed by atoms with E-state index in [2.05, 4.69) is 20.3 Å². The molecular weight excluding hydrogens is 419 g/mol. The second kappa shape index (κ2) is 8.46. The number of anilines is 2. The molecule has 3 aromatic heterocycles. The number of nitrogens with two attached hydrogens (primary N) is 1. The molecule has 0 aliphatic heterocycles. The third-order valence-corrected chi connectivity index (χ3v) is 4.60. The van der Waals surface area contributed by atoms with Crippen molar-refractivity contribution in [1.29, 1.82) is 0 Å². The smallest absolute Gasteiger partial charge is 0.384 e. The Labute approximate surface area is 181 Å². The van der Waals surface area contributed by atoms with E-state index in [4.69, 9.17) is 5.73 Å². The normalized spacial score (nSPS) is 11.2. The number of carbonyl (C=O) groups excluding carboxylic acids is 1. The van der Waals surface area contributed by atoms with Crippen molar-refractivity contribution >= 4 is 17.4 Å². The molecule has 0 aliphatic rings. The number of rotatable bonds is 4. The first-order valence-electron chi connectivity index (χ1n) is 9.42. The largest absolute Gasteiger partial charge is 0.433 e. The van der Waals surface area contributed by atoms with E-state index in [0.717, 1.165) is 29.0 Å². The summed E-state index contributed by atoms with van der Waals surface area (Å²) in [6.45, 7) is 0. The van der Waals surface area contributed by atoms with Crippen molar-refractivity contribution in [1.82, 2.24) is 15.0 Å². The second-order valence-electron chi connectivity index (χ2n) is 6.86. The van der Waals surface area contributed by atoms with Gasteiger partial charge in [0.2, 0.25) is 0 Å². The van der Waals surface area contributed by atoms with Crippen LogP contribution in [0, 0.1) is 0 Å². The third-order valence-electron chi connectivity index (χ3n) is 4.60. The average molecular weight is 435 g/mol. The van der Waals surface area contributed by atoms with Gasteiger partial charge in [0.05, 0.1) is 5.69 Å². The molecule has 0 fully saturated rings. The lowest BCUT2D eigenvalue weighted by atomic mass is 10.0. The van der Waals surface area contributed by atoms with Gasteiger partial charge in [-0.15, -0.1) is 0 Å². The van der Waals surface area contributed by atoms with Crippen LogP contribution in [-0.2, 0) is 6.18 Å². The molecule has 9 heteroatoms. The highest BCUT2D eigenvalue weighted by molar-refractivity contribution is 6.04. The van der Waals surface area contributed by atoms with E-state index in [1.807, 2.05) is 18.2 Å². The Kier molecular flexibility index (Phi) is 5.55. The number of hydrogen-bond acceptors (Lipinski definition) is 5. The Hall–Kier alpha value is -4.27. The van der Waals surface area contributed by atoms with Crippen LogP contribution >= 0.6 is 0 Å². The van der Waals surface area contributed by atoms with E-state index >= 15 is 0 Å². The molecule has 3 heterocycles. The van der Waals surface area contributed by atoms with Crippen molar-refractivity contribution in [3.05, 3.63) is 90.5 Å². The number of nitrogens with zero attached hydrogens (tertiary/aromatic N) is 3. The predicted octanol–water partition coefficient (Wildman–Crippen LogP) is 5.06. The van der Waals surface area contributed by atoms with Crippen LogP contribution in [0.25, 0.3) is 22.4 Å². The Balaban J connectivity index is 1.58. The molecule has 0 spiro atoms. The van der Waals surface area contributed by atoms with Gasteiger partial charge in [-0.05, 0) is 59.7 Å². The number of benzene rings is 1. The summed E-state index contributed by atoms with van der Waals surface area (Å²) in [5.41, 5.74) is 8.05. The van der Waals surface area contributed by atoms with Crippen molar-refractivity contribution in [3.8, 4) is 22.4 Å². The number of hydrogen-bond donors (Lipinski definition) is 2. The maximum atomic E-state index is 12.9. The monoisotopic (exact) mass is 435 g/mol. The number of halogens is 3. The van der Waals surface area contributed by atoms with Crippen molar-refractivity contribution in [3.63, 3.8) is 0 Å². The van der Waals surface area contributed by atoms with Crippen molar-refractivity contribution < 1.29 is 18.0 Å². The molecule has 4 aromatic rings. The summed E-state index contributed by atoms with van der Waals surface area (Å²) in [6.07, 6.45) is -0.423. The molecule has 4 rings (SSSR count). The van der Waals surface area contributed by atoms with Gasteiger partial charge in [0, 0.05) is 35.4 Å². The summed E-state index contributed by atoms with van der Waals surface area (Å²) >= 11 is 0. The SMILES string of the molecule is Nc1cc(-c2cc(-c3cccc(NC(=O)c4ccnc(C(F)(F)F)c4)c3)ccn2)ccn1. The van der Waals surface area contributed by atoms with Crippen molar-refractivity contribution in [2.75, 3.05) is 11.1 Å². The minimum atomic E-state index is -4.63. The van der Waals surface area contributed by atoms with E-state index in [9.17, 15) is 18.0 Å². The van der Waals surface area contributed by atoms with Gasteiger partial charge in [-0.3, -0.25) is 14.8 Å². The summed E-state index contributed by atoms with van der Waals surface area (Å²) in [5, 5.41) is 2.63. The highest BCUT2D eigenvalue weighted by Crippen LogP contribution is 2.29. The van der Waals surface area contributed by atoms with Crippen LogP contribution in [0.5, 0.6) is 0 Å². The number of pyridine rings is 3. The summed E-state index contributed by atoms with van der Waals surface area (Å²) in [4.78, 5) is 24.1. The molecule has 0 saturated carbocycles. The predicted molar refractivity (Wildman–Crippen MR) is 115 cm³/mol. The molecule has 1 aromatic carbocycles. The van der Waals surface area contributed by atoms with Crippen LogP contribution in [0.4, 0.5) is 24.7 Å². The van der Waals surface area contributed by atoms with E-state index in [0.29, 0.717) is 17.2 Å². The zero-order valence-corrected chi connectivity index (χ0v) is 16.5. The van der Waals surface area contributed by atoms with Gasteiger partial charge in [0.1, 0.15) is 11.5 Å². The molecule has 0 unspecified atom stereocenters. The highest BCUT2D eigenvalue weighted by atomic mass is 19.4. The maximum Gasteiger partial charge on any atom is 0.433 e. The zero-order chi connectivity index (χ0) is 22.7. The molecular formula is C23H16F3N5O. The molecule has 6 nitrogen and oxygen atoms in total. The summed E-state index contributed by atoms with van der Waals surface area (Å²) in [5.74, 6) is -0.290. The van der Waals surface area contributed by atoms with Gasteiger partial charge in [0.15, 0.2) is 0 Å². The Morgan fingerprint density at radius 3 is 2.31 bits per heavy atom. The van der Waals surface area contributed by atoms with Gasteiger partial charge < -0.3 is 11.1 Å². The molecule has 160 valence electrons. The van der Waals surface area contributed by atoms with Crippen LogP contribution in [-0.4, -0.2) is 20.9 Å². The fraction of sp³-hybridized carbons (Fsp3) is 0.0435. The standard InChI is InChI=1S/C23H16F3N5O/c24-23(25,26)20-12-17(6-8-29-20)22(32)31-18-3-1-2-14(10-18)15-4-7-28-19(11-15)16-5-9-30-21(27)13-16/h1-13H,(H2,27,30)(H,31,32). The first-order valence-corrected chi connectivity index (χ1v) is 9.42. The summed E-state index contributed by atoms with van der Waals surface area (Å²) in [7, 11) is 0. The lowest BCUT2D eigenvalue weighted by Gasteiger charge is -2.10. The molecule has 0 atom stereocenters. The molecule has 0 saturated heterocycles. The highest BCUT2D eigenvalue weighted by Gasteiger charge is 2.32. The fourth-order valence-corrected chi connectivity index (χ4v) is 3.08. The molecule has 3 N–H and O–H groups in total. The Bertz CT molecular complexity index is 1290. The molecule has 0 bridgehead atoms. The Morgan fingerprint density at radius 1 is 0.812 bits per heavy atom. The number of aromatic nitrogens is 3. The fourth-order valence-electron chi connectivity index (χ4n) is 3.08. The van der Waals surface area contributed by atoms with Crippen molar-refractivity contribution in [2.24, 2.45) is 0 Å². The van der Waals surface area contributed by atoms with Crippen LogP contribution in [0.2, 0.25) is 0 Å². The molecule has 32 heavy (non-hydrogen) atoms. The number of nitrogens with one attached hydrogen (secondary N) is 1. The number of carbonyl (C=O) groups is 1. The molecule has 1 amide bonds. The summed E-state index contributed by atoms with van der Waals surface area (Å²) < 4.78 is 38.6. The topological polar surface area (TPSA) is 93.8 Å². The lowest BCUT2D eigenvalue weighted by Crippen LogP contribution is -2.15. The van der Waals surface area contributed by atoms with Crippen LogP contribution in [0.15, 0.2) is 79.3 Å². The third kappa shape index (κ3) is 4.72. The average Bonchev–Trinajstić information content (AvgIpc) is 2.79. The Morgan fingerprint density at radius 2 is 1.53 bits per heavy atom. The quantitative estimate of drug-likeness (QED) is 0.467. The lowest BCUT2D eigenvalue weighted by molar-refractivity contribution is -0.141. The zero-order valence-electron chi connectivity index (χ0n) is 16.5. The number of amides is 1. The van der Waals surface area contributed by atoms with E-state index in [1.165, 1.54) is 6.07 Å². The number of alkyl halides is 3. The molecule has 0 aliphatic carbocycles. The number of nitrogen functional groups attached to an aromatic ring is 1. The van der Waals surface area contributed by atoms with E-state index in [-0.39, 0.29) is 5.56 Å². The van der Waals surface area contributed by atoms with Crippen LogP contribution in [0.1, 0.15) is 16.1 Å². The van der Waals surface area contributed by atoms with Crippen LogP contribution < -0.4 is 11.1 Å².